The van der Waals surface area contributed by atoms with Crippen LogP contribution in [0, 0.1) is 0 Å². The van der Waals surface area contributed by atoms with Gasteiger partial charge in [-0.2, -0.15) is 0 Å². The molecule has 0 aromatic rings. The summed E-state index contributed by atoms with van der Waals surface area (Å²) in [4.78, 5) is 0. The Kier molecular flexibility index (Phi) is 3.81. The molecule has 1 nitrogen and oxygen atoms in total. The van der Waals surface area contributed by atoms with Gasteiger partial charge in [0.05, 0.1) is 0 Å². The summed E-state index contributed by atoms with van der Waals surface area (Å²) in [6.07, 6.45) is 0. The molecular formula is C3H9OSi2. The molecule has 3 heteroatoms. The van der Waals surface area contributed by atoms with E-state index in [-0.39, 0.29) is 9.04 Å². The molecule has 0 fully saturated rings. The Morgan fingerprint density at radius 3 is 2.00 bits per heavy atom. The Bertz CT molecular complexity index is 30.0. The smallest absolute Gasteiger partial charge is 0.211 e. The maximum absolute atomic E-state index is 5.17. The normalized spacial score (nSPS) is 10.0. The molecule has 0 rings (SSSR count). The van der Waals surface area contributed by atoms with Crippen LogP contribution in [0.1, 0.15) is 0 Å². The van der Waals surface area contributed by atoms with Crippen LogP contribution in [0.15, 0.2) is 0 Å². The Morgan fingerprint density at radius 2 is 2.00 bits per heavy atom. The maximum Gasteiger partial charge on any atom is 0.211 e. The molecule has 3 radical (unpaired) electrons. The lowest BCUT2D eigenvalue weighted by Gasteiger charge is -1.96. The highest BCUT2D eigenvalue weighted by atomic mass is 28.3. The summed E-state index contributed by atoms with van der Waals surface area (Å²) in [6.45, 7) is 6.33. The zero-order valence-electron chi connectivity index (χ0n) is 4.41. The fraction of sp³-hybridized carbons (Fsp3) is 1.00. The van der Waals surface area contributed by atoms with E-state index in [2.05, 4.69) is 19.6 Å². The minimum Gasteiger partial charge on any atom is -0.457 e. The van der Waals surface area contributed by atoms with Crippen molar-refractivity contribution < 1.29 is 4.12 Å². The van der Waals surface area contributed by atoms with Gasteiger partial charge < -0.3 is 4.12 Å². The molecular weight excluding hydrogens is 108 g/mol. The highest BCUT2D eigenvalue weighted by Crippen LogP contribution is 1.77. The van der Waals surface area contributed by atoms with Crippen molar-refractivity contribution in [2.45, 2.75) is 19.6 Å². The van der Waals surface area contributed by atoms with Crippen LogP contribution in [0.5, 0.6) is 0 Å². The van der Waals surface area contributed by atoms with Gasteiger partial charge in [-0.15, -0.1) is 0 Å². The first kappa shape index (κ1) is 6.39. The van der Waals surface area contributed by atoms with Crippen molar-refractivity contribution in [2.75, 3.05) is 0 Å². The highest BCUT2D eigenvalue weighted by molar-refractivity contribution is 6.55. The Hall–Kier alpha value is 0.394. The van der Waals surface area contributed by atoms with Crippen molar-refractivity contribution in [1.29, 1.82) is 0 Å². The lowest BCUT2D eigenvalue weighted by molar-refractivity contribution is 0.630. The van der Waals surface area contributed by atoms with Gasteiger partial charge in [-0.25, -0.2) is 0 Å². The molecule has 0 aliphatic heterocycles. The van der Waals surface area contributed by atoms with E-state index in [1.54, 1.807) is 0 Å². The van der Waals surface area contributed by atoms with Crippen molar-refractivity contribution in [1.82, 2.24) is 0 Å². The van der Waals surface area contributed by atoms with Gasteiger partial charge >= 0.3 is 0 Å². The van der Waals surface area contributed by atoms with E-state index in [9.17, 15) is 0 Å². The zero-order chi connectivity index (χ0) is 4.99. The number of hydrogen-bond donors (Lipinski definition) is 0. The highest BCUT2D eigenvalue weighted by Gasteiger charge is 1.89. The van der Waals surface area contributed by atoms with Gasteiger partial charge in [0, 0.05) is 0 Å². The van der Waals surface area contributed by atoms with Crippen LogP contribution in [0.2, 0.25) is 19.6 Å². The van der Waals surface area contributed by atoms with Crippen LogP contribution in [0.25, 0.3) is 0 Å². The summed E-state index contributed by atoms with van der Waals surface area (Å²) in [5, 5.41) is 0. The molecule has 0 unspecified atom stereocenters. The molecule has 0 aromatic carbocycles. The summed E-state index contributed by atoms with van der Waals surface area (Å²) >= 11 is 0. The van der Waals surface area contributed by atoms with E-state index in [0.29, 0.717) is 9.76 Å². The largest absolute Gasteiger partial charge is 0.457 e. The van der Waals surface area contributed by atoms with E-state index < -0.39 is 0 Å². The molecule has 0 bridgehead atoms. The van der Waals surface area contributed by atoms with Crippen LogP contribution < -0.4 is 0 Å². The van der Waals surface area contributed by atoms with Gasteiger partial charge in [0.15, 0.2) is 9.04 Å². The average molecular weight is 117 g/mol. The second kappa shape index (κ2) is 3.58. The third-order valence-electron chi connectivity index (χ3n) is 0.306. The van der Waals surface area contributed by atoms with Crippen LogP contribution in [-0.2, 0) is 4.12 Å². The van der Waals surface area contributed by atoms with E-state index in [1.165, 1.54) is 0 Å². The molecule has 0 spiro atoms. The minimum atomic E-state index is -0.373. The van der Waals surface area contributed by atoms with Crippen LogP contribution in [0.4, 0.5) is 0 Å². The minimum absolute atomic E-state index is 0.373. The van der Waals surface area contributed by atoms with Crippen molar-refractivity contribution in [3.63, 3.8) is 0 Å². The fourth-order valence-electron chi connectivity index (χ4n) is 0.204. The predicted molar refractivity (Wildman–Crippen MR) is 30.2 cm³/mol. The van der Waals surface area contributed by atoms with Crippen LogP contribution in [0.3, 0.4) is 0 Å². The van der Waals surface area contributed by atoms with Gasteiger partial charge in [-0.1, -0.05) is 0 Å². The molecule has 35 valence electrons. The van der Waals surface area contributed by atoms with Gasteiger partial charge in [0.2, 0.25) is 9.76 Å². The zero-order valence-corrected chi connectivity index (χ0v) is 6.41. The molecule has 0 amide bonds. The monoisotopic (exact) mass is 117 g/mol. The van der Waals surface area contributed by atoms with Crippen molar-refractivity contribution in [3.8, 4) is 0 Å². The Labute approximate surface area is 43.4 Å². The van der Waals surface area contributed by atoms with Gasteiger partial charge in [-0.05, 0) is 19.6 Å². The molecule has 6 heavy (non-hydrogen) atoms. The first-order chi connectivity index (χ1) is 2.77. The lowest BCUT2D eigenvalue weighted by atomic mass is 11.9. The third-order valence-corrected chi connectivity index (χ3v) is 2.76. The molecule has 0 N–H and O–H groups in total. The molecule has 0 aromatic heterocycles. The summed E-state index contributed by atoms with van der Waals surface area (Å²) < 4.78 is 5.17. The van der Waals surface area contributed by atoms with Crippen molar-refractivity contribution in [3.05, 3.63) is 0 Å². The van der Waals surface area contributed by atoms with E-state index in [0.717, 1.165) is 0 Å². The summed E-state index contributed by atoms with van der Waals surface area (Å²) in [5.41, 5.74) is 0. The molecule has 0 saturated carbocycles. The molecule has 0 atom stereocenters. The first-order valence-corrected chi connectivity index (χ1v) is 5.72. The third kappa shape index (κ3) is 4.39. The summed E-state index contributed by atoms with van der Waals surface area (Å²) in [7, 11) is 0.310. The number of rotatable bonds is 2. The van der Waals surface area contributed by atoms with Crippen LogP contribution in [-0.4, -0.2) is 18.8 Å². The summed E-state index contributed by atoms with van der Waals surface area (Å²) in [5.74, 6) is 0. The second-order valence-corrected chi connectivity index (χ2v) is 4.26. The average Bonchev–Trinajstić information content (AvgIpc) is 1.35. The maximum atomic E-state index is 5.17. The topological polar surface area (TPSA) is 9.23 Å². The predicted octanol–water partition coefficient (Wildman–Crippen LogP) is 0.921. The summed E-state index contributed by atoms with van der Waals surface area (Å²) in [6, 6.07) is 0. The molecule has 0 heterocycles. The standard InChI is InChI=1S/C3H9OSi2/c1-5-4-6(2)3/h1-3H3. The molecule has 0 aliphatic rings. The lowest BCUT2D eigenvalue weighted by Crippen LogP contribution is -2.08. The van der Waals surface area contributed by atoms with E-state index in [4.69, 9.17) is 4.12 Å². The Balaban J connectivity index is 2.63. The first-order valence-electron chi connectivity index (χ1n) is 1.91. The molecule has 0 aliphatic carbocycles. The van der Waals surface area contributed by atoms with Gasteiger partial charge in [0.1, 0.15) is 0 Å². The SMILES string of the molecule is C[Si]O[Si](C)C. The van der Waals surface area contributed by atoms with Crippen molar-refractivity contribution in [2.24, 2.45) is 0 Å². The van der Waals surface area contributed by atoms with Crippen molar-refractivity contribution >= 4 is 18.8 Å². The molecule has 0 saturated heterocycles. The van der Waals surface area contributed by atoms with E-state index in [1.807, 2.05) is 0 Å². The Morgan fingerprint density at radius 1 is 1.50 bits per heavy atom. The second-order valence-electron chi connectivity index (χ2n) is 1.21. The number of hydrogen-bond acceptors (Lipinski definition) is 1. The van der Waals surface area contributed by atoms with Crippen LogP contribution >= 0.6 is 0 Å². The van der Waals surface area contributed by atoms with Gasteiger partial charge in [0.25, 0.3) is 0 Å². The quantitative estimate of drug-likeness (QED) is 0.489. The van der Waals surface area contributed by atoms with Gasteiger partial charge in [-0.3, -0.25) is 0 Å². The van der Waals surface area contributed by atoms with E-state index >= 15 is 0 Å². The fourth-order valence-corrected chi connectivity index (χ4v) is 1.84.